The largest absolute Gasteiger partial charge is 0.505 e. The third-order valence-corrected chi connectivity index (χ3v) is 2.56. The molecule has 4 nitrogen and oxygen atoms in total. The van der Waals surface area contributed by atoms with E-state index in [1.54, 1.807) is 18.2 Å². The standard InChI is InChI=1S/C11H8ClNO3/c1-16-11(15)9-10(14)6-3-2-4-8(12)7(6)5-13-9/h2-5,14H,1H3. The monoisotopic (exact) mass is 237 g/mol. The molecule has 1 N–H and O–H groups in total. The van der Waals surface area contributed by atoms with E-state index in [-0.39, 0.29) is 11.4 Å². The number of carbonyl (C=O) groups excluding carboxylic acids is 1. The summed E-state index contributed by atoms with van der Waals surface area (Å²) in [4.78, 5) is 15.1. The van der Waals surface area contributed by atoms with Gasteiger partial charge in [0.25, 0.3) is 0 Å². The zero-order valence-corrected chi connectivity index (χ0v) is 9.15. The van der Waals surface area contributed by atoms with Crippen molar-refractivity contribution in [2.45, 2.75) is 0 Å². The first kappa shape index (κ1) is 10.7. The number of fused-ring (bicyclic) bond motifs is 1. The van der Waals surface area contributed by atoms with Crippen molar-refractivity contribution in [2.24, 2.45) is 0 Å². The molecule has 0 spiro atoms. The molecule has 16 heavy (non-hydrogen) atoms. The van der Waals surface area contributed by atoms with Gasteiger partial charge >= 0.3 is 5.97 Å². The van der Waals surface area contributed by atoms with Gasteiger partial charge in [-0.1, -0.05) is 23.7 Å². The Morgan fingerprint density at radius 1 is 1.44 bits per heavy atom. The van der Waals surface area contributed by atoms with Crippen molar-refractivity contribution < 1.29 is 14.6 Å². The normalized spacial score (nSPS) is 10.4. The van der Waals surface area contributed by atoms with Crippen molar-refractivity contribution >= 4 is 28.3 Å². The summed E-state index contributed by atoms with van der Waals surface area (Å²) in [5, 5.41) is 11.4. The Hall–Kier alpha value is -1.81. The molecule has 0 amide bonds. The van der Waals surface area contributed by atoms with Gasteiger partial charge in [0.2, 0.25) is 0 Å². The van der Waals surface area contributed by atoms with Gasteiger partial charge in [0, 0.05) is 17.0 Å². The van der Waals surface area contributed by atoms with E-state index < -0.39 is 5.97 Å². The molecular weight excluding hydrogens is 230 g/mol. The minimum absolute atomic E-state index is 0.114. The van der Waals surface area contributed by atoms with E-state index in [9.17, 15) is 9.90 Å². The maximum absolute atomic E-state index is 11.3. The summed E-state index contributed by atoms with van der Waals surface area (Å²) in [6.07, 6.45) is 1.43. The van der Waals surface area contributed by atoms with Crippen molar-refractivity contribution in [2.75, 3.05) is 7.11 Å². The number of hydrogen-bond donors (Lipinski definition) is 1. The molecule has 0 unspecified atom stereocenters. The Morgan fingerprint density at radius 2 is 2.19 bits per heavy atom. The van der Waals surface area contributed by atoms with E-state index >= 15 is 0 Å². The molecule has 0 atom stereocenters. The van der Waals surface area contributed by atoms with Crippen LogP contribution in [0.5, 0.6) is 5.75 Å². The number of halogens is 1. The van der Waals surface area contributed by atoms with Gasteiger partial charge in [0.15, 0.2) is 11.4 Å². The average molecular weight is 238 g/mol. The lowest BCUT2D eigenvalue weighted by molar-refractivity contribution is 0.0591. The van der Waals surface area contributed by atoms with E-state index in [4.69, 9.17) is 11.6 Å². The van der Waals surface area contributed by atoms with Crippen molar-refractivity contribution in [1.29, 1.82) is 0 Å². The number of nitrogens with zero attached hydrogens (tertiary/aromatic N) is 1. The van der Waals surface area contributed by atoms with Gasteiger partial charge in [-0.2, -0.15) is 0 Å². The van der Waals surface area contributed by atoms with Crippen LogP contribution in [-0.2, 0) is 4.74 Å². The summed E-state index contributed by atoms with van der Waals surface area (Å²) in [5.74, 6) is -0.897. The summed E-state index contributed by atoms with van der Waals surface area (Å²) in [6, 6.07) is 5.03. The molecular formula is C11H8ClNO3. The third-order valence-electron chi connectivity index (χ3n) is 2.23. The second kappa shape index (κ2) is 3.98. The Kier molecular flexibility index (Phi) is 2.66. The van der Waals surface area contributed by atoms with Gasteiger partial charge in [0.1, 0.15) is 0 Å². The van der Waals surface area contributed by atoms with Gasteiger partial charge in [-0.25, -0.2) is 9.78 Å². The zero-order valence-electron chi connectivity index (χ0n) is 8.40. The summed E-state index contributed by atoms with van der Waals surface area (Å²) in [7, 11) is 1.23. The molecule has 0 bridgehead atoms. The molecule has 1 aromatic carbocycles. The second-order valence-corrected chi connectivity index (χ2v) is 3.56. The Morgan fingerprint density at radius 3 is 2.88 bits per heavy atom. The third kappa shape index (κ3) is 1.57. The molecule has 82 valence electrons. The summed E-state index contributed by atoms with van der Waals surface area (Å²) >= 11 is 5.93. The number of aromatic nitrogens is 1. The van der Waals surface area contributed by atoms with Gasteiger partial charge in [0.05, 0.1) is 12.1 Å². The van der Waals surface area contributed by atoms with Crippen LogP contribution in [0.15, 0.2) is 24.4 Å². The molecule has 2 rings (SSSR count). The fourth-order valence-corrected chi connectivity index (χ4v) is 1.66. The minimum atomic E-state index is -0.681. The lowest BCUT2D eigenvalue weighted by atomic mass is 10.1. The van der Waals surface area contributed by atoms with Crippen molar-refractivity contribution in [3.63, 3.8) is 0 Å². The van der Waals surface area contributed by atoms with Crippen LogP contribution in [0.25, 0.3) is 10.8 Å². The Labute approximate surface area is 96.4 Å². The molecule has 0 saturated carbocycles. The van der Waals surface area contributed by atoms with E-state index in [0.717, 1.165) is 0 Å². The predicted octanol–water partition coefficient (Wildman–Crippen LogP) is 2.38. The molecule has 1 heterocycles. The quantitative estimate of drug-likeness (QED) is 0.774. The number of rotatable bonds is 1. The first-order valence-electron chi connectivity index (χ1n) is 4.49. The van der Waals surface area contributed by atoms with E-state index in [1.165, 1.54) is 13.3 Å². The fourth-order valence-electron chi connectivity index (χ4n) is 1.44. The molecule has 1 aromatic heterocycles. The van der Waals surface area contributed by atoms with Crippen LogP contribution in [-0.4, -0.2) is 23.2 Å². The average Bonchev–Trinajstić information content (AvgIpc) is 2.30. The second-order valence-electron chi connectivity index (χ2n) is 3.15. The van der Waals surface area contributed by atoms with Gasteiger partial charge in [-0.05, 0) is 6.07 Å². The summed E-state index contributed by atoms with van der Waals surface area (Å²) in [6.45, 7) is 0. The lowest BCUT2D eigenvalue weighted by Crippen LogP contribution is -2.04. The van der Waals surface area contributed by atoms with Crippen LogP contribution in [0.4, 0.5) is 0 Å². The van der Waals surface area contributed by atoms with Crippen molar-refractivity contribution in [3.8, 4) is 5.75 Å². The van der Waals surface area contributed by atoms with Crippen LogP contribution in [0.3, 0.4) is 0 Å². The highest BCUT2D eigenvalue weighted by molar-refractivity contribution is 6.35. The highest BCUT2D eigenvalue weighted by atomic mass is 35.5. The van der Waals surface area contributed by atoms with Gasteiger partial charge in [-0.15, -0.1) is 0 Å². The topological polar surface area (TPSA) is 59.4 Å². The number of aromatic hydroxyl groups is 1. The molecule has 0 radical (unpaired) electrons. The maximum Gasteiger partial charge on any atom is 0.360 e. The minimum Gasteiger partial charge on any atom is -0.505 e. The number of hydrogen-bond acceptors (Lipinski definition) is 4. The van der Waals surface area contributed by atoms with Crippen molar-refractivity contribution in [1.82, 2.24) is 4.98 Å². The molecule has 2 aromatic rings. The molecule has 0 aliphatic heterocycles. The summed E-state index contributed by atoms with van der Waals surface area (Å²) in [5.41, 5.74) is -0.114. The molecule has 0 aliphatic rings. The number of pyridine rings is 1. The number of benzene rings is 1. The Balaban J connectivity index is 2.75. The number of carbonyl (C=O) groups is 1. The van der Waals surface area contributed by atoms with E-state index in [0.29, 0.717) is 15.8 Å². The number of ether oxygens (including phenoxy) is 1. The summed E-state index contributed by atoms with van der Waals surface area (Å²) < 4.78 is 4.50. The SMILES string of the molecule is COC(=O)c1ncc2c(Cl)cccc2c1O. The predicted molar refractivity (Wildman–Crippen MR) is 59.8 cm³/mol. The van der Waals surface area contributed by atoms with Crippen molar-refractivity contribution in [3.05, 3.63) is 35.1 Å². The number of methoxy groups -OCH3 is 1. The first-order valence-corrected chi connectivity index (χ1v) is 4.87. The van der Waals surface area contributed by atoms with Gasteiger partial charge < -0.3 is 9.84 Å². The van der Waals surface area contributed by atoms with Crippen LogP contribution < -0.4 is 0 Å². The highest BCUT2D eigenvalue weighted by Gasteiger charge is 2.16. The van der Waals surface area contributed by atoms with Crippen LogP contribution >= 0.6 is 11.6 Å². The zero-order chi connectivity index (χ0) is 11.7. The van der Waals surface area contributed by atoms with E-state index in [2.05, 4.69) is 9.72 Å². The number of esters is 1. The fraction of sp³-hybridized carbons (Fsp3) is 0.0909. The Bertz CT molecular complexity index is 568. The maximum atomic E-state index is 11.3. The van der Waals surface area contributed by atoms with Crippen LogP contribution in [0, 0.1) is 0 Å². The molecule has 0 aliphatic carbocycles. The smallest absolute Gasteiger partial charge is 0.360 e. The molecule has 5 heteroatoms. The van der Waals surface area contributed by atoms with Crippen LogP contribution in [0.2, 0.25) is 5.02 Å². The first-order chi connectivity index (χ1) is 7.65. The van der Waals surface area contributed by atoms with Crippen LogP contribution in [0.1, 0.15) is 10.5 Å². The molecule has 0 fully saturated rings. The van der Waals surface area contributed by atoms with Gasteiger partial charge in [-0.3, -0.25) is 0 Å². The van der Waals surface area contributed by atoms with E-state index in [1.807, 2.05) is 0 Å². The highest BCUT2D eigenvalue weighted by Crippen LogP contribution is 2.31. The molecule has 0 saturated heterocycles. The lowest BCUT2D eigenvalue weighted by Gasteiger charge is -2.06.